The zero-order valence-corrected chi connectivity index (χ0v) is 15.3. The Hall–Kier alpha value is -2.92. The summed E-state index contributed by atoms with van der Waals surface area (Å²) in [7, 11) is 0. The summed E-state index contributed by atoms with van der Waals surface area (Å²) in [5.74, 6) is 0.164. The summed E-state index contributed by atoms with van der Waals surface area (Å²) in [4.78, 5) is 20.9. The van der Waals surface area contributed by atoms with Crippen molar-refractivity contribution in [3.05, 3.63) is 76.6 Å². The second-order valence-electron chi connectivity index (χ2n) is 5.84. The first kappa shape index (κ1) is 17.9. The second-order valence-corrected chi connectivity index (χ2v) is 6.28. The summed E-state index contributed by atoms with van der Waals surface area (Å²) >= 11 is 5.98. The smallest absolute Gasteiger partial charge is 0.258 e. The van der Waals surface area contributed by atoms with Gasteiger partial charge < -0.3 is 10.6 Å². The first-order chi connectivity index (χ1) is 12.6. The fourth-order valence-corrected chi connectivity index (χ4v) is 2.68. The summed E-state index contributed by atoms with van der Waals surface area (Å²) in [6, 6.07) is 13.3. The van der Waals surface area contributed by atoms with Gasteiger partial charge in [-0.3, -0.25) is 4.79 Å². The van der Waals surface area contributed by atoms with Crippen LogP contribution in [0.5, 0.6) is 0 Å². The number of aryl methyl sites for hydroxylation is 2. The maximum absolute atomic E-state index is 12.4. The fraction of sp³-hybridized carbons (Fsp3) is 0.150. The Kier molecular flexibility index (Phi) is 5.49. The average Bonchev–Trinajstić information content (AvgIpc) is 2.65. The van der Waals surface area contributed by atoms with Crippen LogP contribution in [0.15, 0.2) is 54.9 Å². The molecule has 0 unspecified atom stereocenters. The average molecular weight is 367 g/mol. The van der Waals surface area contributed by atoms with Crippen LogP contribution in [0, 0.1) is 6.92 Å². The molecule has 0 radical (unpaired) electrons. The number of hydrogen-bond donors (Lipinski definition) is 2. The van der Waals surface area contributed by atoms with Gasteiger partial charge in [-0.1, -0.05) is 42.8 Å². The Bertz CT molecular complexity index is 925. The van der Waals surface area contributed by atoms with E-state index < -0.39 is 0 Å². The van der Waals surface area contributed by atoms with Crippen molar-refractivity contribution in [2.75, 3.05) is 10.6 Å². The number of halogens is 1. The highest BCUT2D eigenvalue weighted by molar-refractivity contribution is 6.31. The molecular weight excluding hydrogens is 348 g/mol. The van der Waals surface area contributed by atoms with Crippen molar-refractivity contribution in [3.63, 3.8) is 0 Å². The Morgan fingerprint density at radius 3 is 2.54 bits per heavy atom. The highest BCUT2D eigenvalue weighted by atomic mass is 35.5. The molecule has 0 bridgehead atoms. The van der Waals surface area contributed by atoms with Gasteiger partial charge in [-0.15, -0.1) is 0 Å². The van der Waals surface area contributed by atoms with Gasteiger partial charge >= 0.3 is 0 Å². The molecule has 0 spiro atoms. The number of amides is 1. The van der Waals surface area contributed by atoms with Crippen LogP contribution in [0.1, 0.15) is 28.4 Å². The van der Waals surface area contributed by atoms with Gasteiger partial charge in [-0.2, -0.15) is 0 Å². The molecule has 1 heterocycles. The minimum absolute atomic E-state index is 0.282. The third-order valence-electron chi connectivity index (χ3n) is 4.01. The SMILES string of the molecule is CCc1ccccc1Nc1ncc(C(=O)Nc2cc(Cl)ccc2C)cn1. The summed E-state index contributed by atoms with van der Waals surface area (Å²) in [6.45, 7) is 3.99. The van der Waals surface area contributed by atoms with Gasteiger partial charge in [-0.25, -0.2) is 9.97 Å². The first-order valence-corrected chi connectivity index (χ1v) is 8.69. The minimum Gasteiger partial charge on any atom is -0.324 e. The van der Waals surface area contributed by atoms with Crippen LogP contribution in [0.2, 0.25) is 5.02 Å². The van der Waals surface area contributed by atoms with Crippen LogP contribution in [-0.4, -0.2) is 15.9 Å². The van der Waals surface area contributed by atoms with E-state index in [4.69, 9.17) is 11.6 Å². The van der Waals surface area contributed by atoms with E-state index in [9.17, 15) is 4.79 Å². The van der Waals surface area contributed by atoms with Crippen LogP contribution in [0.25, 0.3) is 0 Å². The lowest BCUT2D eigenvalue weighted by molar-refractivity contribution is 0.102. The van der Waals surface area contributed by atoms with E-state index >= 15 is 0 Å². The Morgan fingerprint density at radius 2 is 1.81 bits per heavy atom. The van der Waals surface area contributed by atoms with Crippen LogP contribution < -0.4 is 10.6 Å². The number of nitrogens with one attached hydrogen (secondary N) is 2. The summed E-state index contributed by atoms with van der Waals surface area (Å²) in [5.41, 5.74) is 4.11. The van der Waals surface area contributed by atoms with Crippen LogP contribution in [-0.2, 0) is 6.42 Å². The minimum atomic E-state index is -0.282. The molecule has 132 valence electrons. The van der Waals surface area contributed by atoms with Crippen LogP contribution in [0.3, 0.4) is 0 Å². The maximum atomic E-state index is 12.4. The number of para-hydroxylation sites is 1. The lowest BCUT2D eigenvalue weighted by atomic mass is 10.1. The Labute approximate surface area is 157 Å². The lowest BCUT2D eigenvalue weighted by Crippen LogP contribution is -2.14. The topological polar surface area (TPSA) is 66.9 Å². The van der Waals surface area contributed by atoms with Crippen molar-refractivity contribution in [1.82, 2.24) is 9.97 Å². The highest BCUT2D eigenvalue weighted by Crippen LogP contribution is 2.21. The molecule has 26 heavy (non-hydrogen) atoms. The Balaban J connectivity index is 1.73. The van der Waals surface area contributed by atoms with Crippen LogP contribution >= 0.6 is 11.6 Å². The van der Waals surface area contributed by atoms with Crippen molar-refractivity contribution >= 4 is 34.8 Å². The molecule has 0 aliphatic carbocycles. The van der Waals surface area contributed by atoms with Crippen molar-refractivity contribution in [2.45, 2.75) is 20.3 Å². The van der Waals surface area contributed by atoms with Gasteiger partial charge in [0.05, 0.1) is 5.56 Å². The molecule has 0 saturated heterocycles. The van der Waals surface area contributed by atoms with E-state index in [2.05, 4.69) is 33.6 Å². The van der Waals surface area contributed by atoms with Gasteiger partial charge in [0.2, 0.25) is 5.95 Å². The number of carbonyl (C=O) groups is 1. The predicted octanol–water partition coefficient (Wildman–Crippen LogP) is 5.00. The number of hydrogen-bond acceptors (Lipinski definition) is 4. The highest BCUT2D eigenvalue weighted by Gasteiger charge is 2.10. The third-order valence-corrected chi connectivity index (χ3v) is 4.24. The molecule has 1 amide bonds. The van der Waals surface area contributed by atoms with Gasteiger partial charge in [0.25, 0.3) is 5.91 Å². The molecule has 3 aromatic rings. The summed E-state index contributed by atoms with van der Waals surface area (Å²) in [6.07, 6.45) is 3.90. The van der Waals surface area contributed by atoms with E-state index in [-0.39, 0.29) is 5.91 Å². The molecule has 0 saturated carbocycles. The molecule has 6 heteroatoms. The molecule has 0 atom stereocenters. The normalized spacial score (nSPS) is 10.4. The van der Waals surface area contributed by atoms with Crippen molar-refractivity contribution in [3.8, 4) is 0 Å². The molecule has 2 N–H and O–H groups in total. The van der Waals surface area contributed by atoms with Crippen molar-refractivity contribution < 1.29 is 4.79 Å². The molecule has 5 nitrogen and oxygen atoms in total. The quantitative estimate of drug-likeness (QED) is 0.667. The third kappa shape index (κ3) is 4.18. The number of benzene rings is 2. The first-order valence-electron chi connectivity index (χ1n) is 8.31. The molecular formula is C20H19ClN4O. The van der Waals surface area contributed by atoms with E-state index in [0.29, 0.717) is 22.2 Å². The summed E-state index contributed by atoms with van der Waals surface area (Å²) < 4.78 is 0. The van der Waals surface area contributed by atoms with E-state index in [1.54, 1.807) is 12.1 Å². The number of rotatable bonds is 5. The molecule has 2 aromatic carbocycles. The zero-order valence-electron chi connectivity index (χ0n) is 14.6. The van der Waals surface area contributed by atoms with E-state index in [1.165, 1.54) is 18.0 Å². The van der Waals surface area contributed by atoms with E-state index in [0.717, 1.165) is 17.7 Å². The maximum Gasteiger partial charge on any atom is 0.258 e. The molecule has 0 aliphatic rings. The largest absolute Gasteiger partial charge is 0.324 e. The van der Waals surface area contributed by atoms with Crippen LogP contribution in [0.4, 0.5) is 17.3 Å². The van der Waals surface area contributed by atoms with Gasteiger partial charge in [0.15, 0.2) is 0 Å². The predicted molar refractivity (Wildman–Crippen MR) is 105 cm³/mol. The van der Waals surface area contributed by atoms with Gasteiger partial charge in [0, 0.05) is 28.8 Å². The van der Waals surface area contributed by atoms with Crippen molar-refractivity contribution in [1.29, 1.82) is 0 Å². The second kappa shape index (κ2) is 7.97. The standard InChI is InChI=1S/C20H19ClN4O/c1-3-14-6-4-5-7-17(14)25-20-22-11-15(12-23-20)19(26)24-18-10-16(21)9-8-13(18)2/h4-12H,3H2,1-2H3,(H,24,26)(H,22,23,25). The van der Waals surface area contributed by atoms with Gasteiger partial charge in [0.1, 0.15) is 0 Å². The fourth-order valence-electron chi connectivity index (χ4n) is 2.50. The zero-order chi connectivity index (χ0) is 18.5. The van der Waals surface area contributed by atoms with Crippen molar-refractivity contribution in [2.24, 2.45) is 0 Å². The number of anilines is 3. The monoisotopic (exact) mass is 366 g/mol. The lowest BCUT2D eigenvalue weighted by Gasteiger charge is -2.10. The number of carbonyl (C=O) groups excluding carboxylic acids is 1. The molecule has 0 aliphatic heterocycles. The number of nitrogens with zero attached hydrogens (tertiary/aromatic N) is 2. The molecule has 1 aromatic heterocycles. The summed E-state index contributed by atoms with van der Waals surface area (Å²) in [5, 5.41) is 6.58. The number of aromatic nitrogens is 2. The molecule has 3 rings (SSSR count). The van der Waals surface area contributed by atoms with E-state index in [1.807, 2.05) is 31.2 Å². The Morgan fingerprint density at radius 1 is 1.08 bits per heavy atom. The van der Waals surface area contributed by atoms with Gasteiger partial charge in [-0.05, 0) is 42.7 Å². The molecule has 0 fully saturated rings.